The molecule has 0 aromatic heterocycles. The summed E-state index contributed by atoms with van der Waals surface area (Å²) >= 11 is 5.51. The molecule has 1 aromatic carbocycles. The first kappa shape index (κ1) is 15.2. The van der Waals surface area contributed by atoms with E-state index >= 15 is 0 Å². The van der Waals surface area contributed by atoms with E-state index in [4.69, 9.17) is 17.4 Å². The number of benzene rings is 1. The quantitative estimate of drug-likeness (QED) is 0.376. The Morgan fingerprint density at radius 1 is 1.33 bits per heavy atom. The molecule has 2 nitrogen and oxygen atoms in total. The van der Waals surface area contributed by atoms with Crippen LogP contribution in [0.5, 0.6) is 0 Å². The molecule has 1 unspecified atom stereocenters. The van der Waals surface area contributed by atoms with Crippen molar-refractivity contribution in [3.05, 3.63) is 35.1 Å². The van der Waals surface area contributed by atoms with Crippen molar-refractivity contribution in [1.29, 1.82) is 0 Å². The molecule has 1 atom stereocenters. The fraction of sp³-hybridized carbons (Fsp3) is 0.455. The van der Waals surface area contributed by atoms with E-state index < -0.39 is 23.6 Å². The van der Waals surface area contributed by atoms with E-state index in [1.165, 1.54) is 6.07 Å². The zero-order valence-electron chi connectivity index (χ0n) is 9.40. The Kier molecular flexibility index (Phi) is 5.37. The van der Waals surface area contributed by atoms with Crippen molar-refractivity contribution in [3.63, 3.8) is 0 Å². The Balaban J connectivity index is 2.95. The second-order valence-electron chi connectivity index (χ2n) is 3.79. The molecule has 0 amide bonds. The summed E-state index contributed by atoms with van der Waals surface area (Å²) in [7, 11) is 0. The highest BCUT2D eigenvalue weighted by atomic mass is 35.5. The van der Waals surface area contributed by atoms with Gasteiger partial charge in [0, 0.05) is 11.9 Å². The maximum absolute atomic E-state index is 13.4. The molecular formula is C11H13ClF4N2. The molecule has 18 heavy (non-hydrogen) atoms. The highest BCUT2D eigenvalue weighted by Crippen LogP contribution is 2.32. The fourth-order valence-electron chi connectivity index (χ4n) is 1.61. The lowest BCUT2D eigenvalue weighted by atomic mass is 10.0. The summed E-state index contributed by atoms with van der Waals surface area (Å²) in [4.78, 5) is 0. The summed E-state index contributed by atoms with van der Waals surface area (Å²) in [6, 6.07) is 2.36. The third kappa shape index (κ3) is 3.83. The van der Waals surface area contributed by atoms with Gasteiger partial charge in [-0.05, 0) is 30.5 Å². The van der Waals surface area contributed by atoms with Gasteiger partial charge >= 0.3 is 6.18 Å². The zero-order chi connectivity index (χ0) is 13.8. The van der Waals surface area contributed by atoms with Crippen LogP contribution in [0.25, 0.3) is 0 Å². The molecule has 0 aliphatic carbocycles. The molecule has 0 aliphatic rings. The minimum atomic E-state index is -4.69. The van der Waals surface area contributed by atoms with Crippen molar-refractivity contribution >= 4 is 11.6 Å². The highest BCUT2D eigenvalue weighted by molar-refractivity contribution is 6.17. The lowest BCUT2D eigenvalue weighted by Gasteiger charge is -2.17. The molecule has 0 aliphatic heterocycles. The Hall–Kier alpha value is -0.850. The van der Waals surface area contributed by atoms with Gasteiger partial charge in [0.1, 0.15) is 5.82 Å². The maximum atomic E-state index is 13.4. The molecule has 1 aromatic rings. The summed E-state index contributed by atoms with van der Waals surface area (Å²) in [5.74, 6) is 4.39. The van der Waals surface area contributed by atoms with E-state index in [0.29, 0.717) is 24.3 Å². The molecule has 0 fully saturated rings. The van der Waals surface area contributed by atoms with Crippen LogP contribution in [-0.4, -0.2) is 5.88 Å². The van der Waals surface area contributed by atoms with E-state index in [1.54, 1.807) is 0 Å². The molecule has 0 saturated heterocycles. The predicted octanol–water partition coefficient (Wildman–Crippen LogP) is 3.37. The van der Waals surface area contributed by atoms with Gasteiger partial charge in [0.15, 0.2) is 0 Å². The Bertz CT molecular complexity index is 395. The van der Waals surface area contributed by atoms with Crippen LogP contribution in [0.3, 0.4) is 0 Å². The van der Waals surface area contributed by atoms with Crippen LogP contribution in [0.15, 0.2) is 18.2 Å². The van der Waals surface area contributed by atoms with E-state index in [2.05, 4.69) is 5.43 Å². The number of hydrazine groups is 1. The van der Waals surface area contributed by atoms with Crippen LogP contribution >= 0.6 is 11.6 Å². The van der Waals surface area contributed by atoms with Crippen molar-refractivity contribution in [1.82, 2.24) is 5.43 Å². The van der Waals surface area contributed by atoms with Gasteiger partial charge in [-0.25, -0.2) is 4.39 Å². The van der Waals surface area contributed by atoms with Gasteiger partial charge in [0.25, 0.3) is 0 Å². The normalized spacial score (nSPS) is 13.7. The minimum Gasteiger partial charge on any atom is -0.271 e. The average Bonchev–Trinajstić information content (AvgIpc) is 2.28. The van der Waals surface area contributed by atoms with Gasteiger partial charge in [-0.2, -0.15) is 13.2 Å². The number of nitrogens with two attached hydrogens (primary N) is 1. The third-order valence-corrected chi connectivity index (χ3v) is 2.80. The molecule has 0 heterocycles. The number of hydrogen-bond acceptors (Lipinski definition) is 2. The third-order valence-electron chi connectivity index (χ3n) is 2.53. The number of rotatable bonds is 5. The Labute approximate surface area is 107 Å². The fourth-order valence-corrected chi connectivity index (χ4v) is 1.76. The van der Waals surface area contributed by atoms with Crippen LogP contribution in [-0.2, 0) is 6.18 Å². The van der Waals surface area contributed by atoms with E-state index in [-0.39, 0.29) is 0 Å². The van der Waals surface area contributed by atoms with Gasteiger partial charge < -0.3 is 0 Å². The van der Waals surface area contributed by atoms with Crippen molar-refractivity contribution in [3.8, 4) is 0 Å². The smallest absolute Gasteiger partial charge is 0.271 e. The van der Waals surface area contributed by atoms with Gasteiger partial charge in [-0.3, -0.25) is 11.3 Å². The van der Waals surface area contributed by atoms with Gasteiger partial charge in [-0.1, -0.05) is 6.07 Å². The van der Waals surface area contributed by atoms with E-state index in [9.17, 15) is 17.6 Å². The SMILES string of the molecule is NNC(CCCCl)c1ccc(C(F)(F)F)c(F)c1. The van der Waals surface area contributed by atoms with Crippen molar-refractivity contribution in [2.45, 2.75) is 25.1 Å². The second-order valence-corrected chi connectivity index (χ2v) is 4.17. The summed E-state index contributed by atoms with van der Waals surface area (Å²) in [5.41, 5.74) is 1.52. The van der Waals surface area contributed by atoms with Gasteiger partial charge in [0.2, 0.25) is 0 Å². The van der Waals surface area contributed by atoms with Gasteiger partial charge in [0.05, 0.1) is 5.56 Å². The average molecular weight is 285 g/mol. The topological polar surface area (TPSA) is 38.0 Å². The minimum absolute atomic E-state index is 0.369. The van der Waals surface area contributed by atoms with E-state index in [0.717, 1.165) is 12.1 Å². The summed E-state index contributed by atoms with van der Waals surface area (Å²) < 4.78 is 50.5. The molecular weight excluding hydrogens is 272 g/mol. The number of alkyl halides is 4. The molecule has 102 valence electrons. The van der Waals surface area contributed by atoms with Crippen molar-refractivity contribution < 1.29 is 17.6 Å². The second kappa shape index (κ2) is 6.36. The van der Waals surface area contributed by atoms with Crippen LogP contribution in [0.1, 0.15) is 30.0 Å². The standard InChI is InChI=1S/C11H13ClF4N2/c12-5-1-2-10(18-17)7-3-4-8(9(13)6-7)11(14,15)16/h3-4,6,10,18H,1-2,5,17H2. The molecule has 1 rings (SSSR count). The first-order valence-electron chi connectivity index (χ1n) is 5.29. The highest BCUT2D eigenvalue weighted by Gasteiger charge is 2.34. The summed E-state index contributed by atoms with van der Waals surface area (Å²) in [6.45, 7) is 0. The van der Waals surface area contributed by atoms with Crippen LogP contribution in [0.2, 0.25) is 0 Å². The molecule has 0 saturated carbocycles. The predicted molar refractivity (Wildman–Crippen MR) is 61.4 cm³/mol. The maximum Gasteiger partial charge on any atom is 0.419 e. The zero-order valence-corrected chi connectivity index (χ0v) is 10.2. The van der Waals surface area contributed by atoms with E-state index in [1.807, 2.05) is 0 Å². The largest absolute Gasteiger partial charge is 0.419 e. The number of nitrogens with one attached hydrogen (secondary N) is 1. The number of halogens is 5. The molecule has 0 bridgehead atoms. The van der Waals surface area contributed by atoms with Crippen LogP contribution in [0, 0.1) is 5.82 Å². The monoisotopic (exact) mass is 284 g/mol. The number of hydrogen-bond donors (Lipinski definition) is 2. The lowest BCUT2D eigenvalue weighted by Crippen LogP contribution is -2.28. The molecule has 7 heteroatoms. The molecule has 0 radical (unpaired) electrons. The Morgan fingerprint density at radius 3 is 2.44 bits per heavy atom. The Morgan fingerprint density at radius 2 is 2.00 bits per heavy atom. The van der Waals surface area contributed by atoms with Crippen LogP contribution in [0.4, 0.5) is 17.6 Å². The molecule has 3 N–H and O–H groups in total. The summed E-state index contributed by atoms with van der Waals surface area (Å²) in [6.07, 6.45) is -3.55. The van der Waals surface area contributed by atoms with Crippen LogP contribution < -0.4 is 11.3 Å². The lowest BCUT2D eigenvalue weighted by molar-refractivity contribution is -0.140. The van der Waals surface area contributed by atoms with Gasteiger partial charge in [-0.15, -0.1) is 11.6 Å². The molecule has 0 spiro atoms. The van der Waals surface area contributed by atoms with Crippen molar-refractivity contribution in [2.75, 3.05) is 5.88 Å². The summed E-state index contributed by atoms with van der Waals surface area (Å²) in [5, 5.41) is 0. The van der Waals surface area contributed by atoms with Crippen molar-refractivity contribution in [2.24, 2.45) is 5.84 Å². The first-order valence-corrected chi connectivity index (χ1v) is 5.82. The first-order chi connectivity index (χ1) is 8.40.